The Morgan fingerprint density at radius 1 is 1.18 bits per heavy atom. The minimum Gasteiger partial charge on any atom is -0.323 e. The topological polar surface area (TPSA) is 20.3 Å². The molecule has 0 atom stereocenters. The fraction of sp³-hybridized carbons (Fsp3) is 0.875. The van der Waals surface area contributed by atoms with Crippen LogP contribution in [-0.4, -0.2) is 31.7 Å². The third-order valence-corrected chi connectivity index (χ3v) is 4.61. The highest BCUT2D eigenvalue weighted by atomic mass is 28.3. The first kappa shape index (κ1) is 8.94. The van der Waals surface area contributed by atoms with Gasteiger partial charge in [-0.1, -0.05) is 19.6 Å². The van der Waals surface area contributed by atoms with Gasteiger partial charge in [0.15, 0.2) is 0 Å². The SMILES string of the molecule is C[Si](C)(C)N1CCC(=O)CC1. The predicted octanol–water partition coefficient (Wildman–Crippen LogP) is 1.49. The average Bonchev–Trinajstić information content (AvgIpc) is 1.86. The molecule has 0 bridgehead atoms. The highest BCUT2D eigenvalue weighted by molar-refractivity contribution is 6.73. The van der Waals surface area contributed by atoms with E-state index < -0.39 is 8.24 Å². The number of Topliss-reactive ketones (excluding diaryl/α,β-unsaturated/α-hetero) is 1. The highest BCUT2D eigenvalue weighted by Gasteiger charge is 2.27. The lowest BCUT2D eigenvalue weighted by Gasteiger charge is -2.36. The van der Waals surface area contributed by atoms with Crippen LogP contribution in [0.2, 0.25) is 19.6 Å². The highest BCUT2D eigenvalue weighted by Crippen LogP contribution is 2.14. The maximum absolute atomic E-state index is 10.9. The summed E-state index contributed by atoms with van der Waals surface area (Å²) in [7, 11) is -1.10. The summed E-state index contributed by atoms with van der Waals surface area (Å²) in [6, 6.07) is 0. The third kappa shape index (κ3) is 2.41. The van der Waals surface area contributed by atoms with Gasteiger partial charge in [0.25, 0.3) is 0 Å². The first-order valence-corrected chi connectivity index (χ1v) is 7.71. The summed E-state index contributed by atoms with van der Waals surface area (Å²) in [4.78, 5) is 10.9. The van der Waals surface area contributed by atoms with Gasteiger partial charge in [-0.25, -0.2) is 0 Å². The Labute approximate surface area is 69.7 Å². The Balaban J connectivity index is 2.45. The smallest absolute Gasteiger partial charge is 0.135 e. The first-order chi connectivity index (χ1) is 5.00. The van der Waals surface area contributed by atoms with Gasteiger partial charge in [-0.15, -0.1) is 0 Å². The van der Waals surface area contributed by atoms with Gasteiger partial charge in [0.2, 0.25) is 0 Å². The molecule has 2 nitrogen and oxygen atoms in total. The van der Waals surface area contributed by atoms with Gasteiger partial charge >= 0.3 is 0 Å². The van der Waals surface area contributed by atoms with E-state index in [1.807, 2.05) is 0 Å². The van der Waals surface area contributed by atoms with Crippen LogP contribution in [0.1, 0.15) is 12.8 Å². The van der Waals surface area contributed by atoms with Crippen molar-refractivity contribution < 1.29 is 4.79 Å². The minimum atomic E-state index is -1.10. The number of rotatable bonds is 1. The third-order valence-electron chi connectivity index (χ3n) is 2.27. The number of carbonyl (C=O) groups is 1. The molecule has 1 heterocycles. The van der Waals surface area contributed by atoms with Crippen LogP contribution in [0.4, 0.5) is 0 Å². The number of ketones is 1. The van der Waals surface area contributed by atoms with Crippen molar-refractivity contribution in [3.8, 4) is 0 Å². The monoisotopic (exact) mass is 171 g/mol. The van der Waals surface area contributed by atoms with E-state index in [1.54, 1.807) is 0 Å². The van der Waals surface area contributed by atoms with Crippen LogP contribution in [-0.2, 0) is 4.79 Å². The molecule has 3 heteroatoms. The number of carbonyl (C=O) groups excluding carboxylic acids is 1. The van der Waals surface area contributed by atoms with E-state index in [4.69, 9.17) is 0 Å². The normalized spacial score (nSPS) is 22.3. The molecule has 0 spiro atoms. The summed E-state index contributed by atoms with van der Waals surface area (Å²) in [5.41, 5.74) is 0. The maximum atomic E-state index is 10.9. The molecule has 1 aliphatic rings. The lowest BCUT2D eigenvalue weighted by atomic mass is 10.1. The van der Waals surface area contributed by atoms with Crippen molar-refractivity contribution >= 4 is 14.0 Å². The Hall–Kier alpha value is -0.153. The zero-order valence-corrected chi connectivity index (χ0v) is 8.68. The van der Waals surface area contributed by atoms with Crippen molar-refractivity contribution in [2.24, 2.45) is 0 Å². The molecule has 0 N–H and O–H groups in total. The molecule has 0 aromatic heterocycles. The fourth-order valence-corrected chi connectivity index (χ4v) is 2.99. The maximum Gasteiger partial charge on any atom is 0.135 e. The lowest BCUT2D eigenvalue weighted by molar-refractivity contribution is -0.120. The second kappa shape index (κ2) is 3.07. The molecule has 64 valence electrons. The Morgan fingerprint density at radius 2 is 1.64 bits per heavy atom. The van der Waals surface area contributed by atoms with Gasteiger partial charge < -0.3 is 4.57 Å². The Kier molecular flexibility index (Phi) is 2.49. The quantitative estimate of drug-likeness (QED) is 0.557. The van der Waals surface area contributed by atoms with Crippen LogP contribution < -0.4 is 0 Å². The van der Waals surface area contributed by atoms with Crippen LogP contribution in [0, 0.1) is 0 Å². The number of nitrogens with zero attached hydrogens (tertiary/aromatic N) is 1. The number of hydrogen-bond acceptors (Lipinski definition) is 2. The van der Waals surface area contributed by atoms with Gasteiger partial charge in [-0.05, 0) is 13.1 Å². The summed E-state index contributed by atoms with van der Waals surface area (Å²) in [6.45, 7) is 9.03. The number of hydrogen-bond donors (Lipinski definition) is 0. The summed E-state index contributed by atoms with van der Waals surface area (Å²) >= 11 is 0. The van der Waals surface area contributed by atoms with Crippen LogP contribution in [0.25, 0.3) is 0 Å². The molecule has 1 saturated heterocycles. The second-order valence-corrected chi connectivity index (χ2v) is 9.17. The molecule has 1 fully saturated rings. The summed E-state index contributed by atoms with van der Waals surface area (Å²) < 4.78 is 2.51. The van der Waals surface area contributed by atoms with Crippen LogP contribution >= 0.6 is 0 Å². The van der Waals surface area contributed by atoms with E-state index in [0.717, 1.165) is 25.9 Å². The van der Waals surface area contributed by atoms with E-state index in [2.05, 4.69) is 24.2 Å². The van der Waals surface area contributed by atoms with E-state index in [9.17, 15) is 4.79 Å². The van der Waals surface area contributed by atoms with Crippen molar-refractivity contribution in [1.29, 1.82) is 0 Å². The van der Waals surface area contributed by atoms with Gasteiger partial charge in [0, 0.05) is 12.8 Å². The average molecular weight is 171 g/mol. The Morgan fingerprint density at radius 3 is 2.00 bits per heavy atom. The van der Waals surface area contributed by atoms with Crippen molar-refractivity contribution in [3.63, 3.8) is 0 Å². The van der Waals surface area contributed by atoms with Gasteiger partial charge in [-0.2, -0.15) is 0 Å². The molecule has 1 rings (SSSR count). The molecule has 0 amide bonds. The summed E-state index contributed by atoms with van der Waals surface area (Å²) in [6.07, 6.45) is 1.56. The fourth-order valence-electron chi connectivity index (χ4n) is 1.43. The van der Waals surface area contributed by atoms with E-state index in [0.29, 0.717) is 5.78 Å². The zero-order valence-electron chi connectivity index (χ0n) is 7.68. The van der Waals surface area contributed by atoms with Gasteiger partial charge in [0.1, 0.15) is 14.0 Å². The molecule has 0 aromatic rings. The van der Waals surface area contributed by atoms with Crippen molar-refractivity contribution in [2.45, 2.75) is 32.5 Å². The van der Waals surface area contributed by atoms with Crippen LogP contribution in [0.15, 0.2) is 0 Å². The molecule has 0 saturated carbocycles. The van der Waals surface area contributed by atoms with Crippen LogP contribution in [0.3, 0.4) is 0 Å². The van der Waals surface area contributed by atoms with Crippen molar-refractivity contribution in [3.05, 3.63) is 0 Å². The van der Waals surface area contributed by atoms with E-state index in [-0.39, 0.29) is 0 Å². The molecular formula is C8H17NOSi. The largest absolute Gasteiger partial charge is 0.323 e. The lowest BCUT2D eigenvalue weighted by Crippen LogP contribution is -2.50. The second-order valence-electron chi connectivity index (χ2n) is 4.20. The summed E-state index contributed by atoms with van der Waals surface area (Å²) in [5.74, 6) is 0.444. The molecule has 1 aliphatic heterocycles. The van der Waals surface area contributed by atoms with Crippen molar-refractivity contribution in [1.82, 2.24) is 4.57 Å². The standard InChI is InChI=1S/C8H17NOSi/c1-11(2,3)9-6-4-8(10)5-7-9/h4-7H2,1-3H3. The van der Waals surface area contributed by atoms with E-state index in [1.165, 1.54) is 0 Å². The minimum absolute atomic E-state index is 0.444. The Bertz CT molecular complexity index is 152. The molecule has 0 aromatic carbocycles. The summed E-state index contributed by atoms with van der Waals surface area (Å²) in [5, 5.41) is 0. The number of piperidine rings is 1. The molecule has 0 aliphatic carbocycles. The van der Waals surface area contributed by atoms with Crippen LogP contribution in [0.5, 0.6) is 0 Å². The molecule has 11 heavy (non-hydrogen) atoms. The van der Waals surface area contributed by atoms with Gasteiger partial charge in [0.05, 0.1) is 0 Å². The van der Waals surface area contributed by atoms with Gasteiger partial charge in [-0.3, -0.25) is 4.79 Å². The molecule has 0 unspecified atom stereocenters. The van der Waals surface area contributed by atoms with E-state index >= 15 is 0 Å². The zero-order chi connectivity index (χ0) is 8.48. The predicted molar refractivity (Wildman–Crippen MR) is 49.2 cm³/mol. The van der Waals surface area contributed by atoms with Crippen molar-refractivity contribution in [2.75, 3.05) is 13.1 Å². The molecular weight excluding hydrogens is 154 g/mol. The molecule has 0 radical (unpaired) electrons. The first-order valence-electron chi connectivity index (χ1n) is 4.27.